The van der Waals surface area contributed by atoms with Crippen molar-refractivity contribution in [2.45, 2.75) is 23.8 Å². The highest BCUT2D eigenvalue weighted by molar-refractivity contribution is 7.91. The van der Waals surface area contributed by atoms with Crippen LogP contribution < -0.4 is 5.32 Å². The molecule has 0 amide bonds. The van der Waals surface area contributed by atoms with Crippen LogP contribution in [0.3, 0.4) is 0 Å². The number of aromatic nitrogens is 3. The normalized spacial score (nSPS) is 19.9. The third kappa shape index (κ3) is 2.59. The Morgan fingerprint density at radius 1 is 1.35 bits per heavy atom. The standard InChI is InChI=1S/C13H16N4O2S/c18-20(19)8-11(10-4-1-2-5-12(10)20)14-7-3-6-13-15-9-16-17-13/h1-2,4-5,9,11,14H,3,6-8H2,(H,15,16,17). The van der Waals surface area contributed by atoms with Crippen molar-refractivity contribution in [1.82, 2.24) is 20.5 Å². The minimum atomic E-state index is -3.13. The highest BCUT2D eigenvalue weighted by Gasteiger charge is 2.33. The Kier molecular flexibility index (Phi) is 3.54. The van der Waals surface area contributed by atoms with Gasteiger partial charge in [-0.25, -0.2) is 13.4 Å². The highest BCUT2D eigenvalue weighted by Crippen LogP contribution is 2.32. The van der Waals surface area contributed by atoms with Gasteiger partial charge in [0.15, 0.2) is 9.84 Å². The molecule has 2 aromatic rings. The molecule has 3 rings (SSSR count). The smallest absolute Gasteiger partial charge is 0.180 e. The van der Waals surface area contributed by atoms with Crippen LogP contribution in [0.5, 0.6) is 0 Å². The molecule has 1 aliphatic rings. The van der Waals surface area contributed by atoms with Crippen LogP contribution in [-0.2, 0) is 16.3 Å². The van der Waals surface area contributed by atoms with E-state index in [-0.39, 0.29) is 11.8 Å². The molecule has 0 bridgehead atoms. The molecule has 1 aromatic carbocycles. The fourth-order valence-corrected chi connectivity index (χ4v) is 4.27. The van der Waals surface area contributed by atoms with Crippen LogP contribution in [0.15, 0.2) is 35.5 Å². The lowest BCUT2D eigenvalue weighted by atomic mass is 10.1. The van der Waals surface area contributed by atoms with Crippen molar-refractivity contribution in [2.75, 3.05) is 12.3 Å². The molecular formula is C13H16N4O2S. The molecule has 1 atom stereocenters. The molecule has 2 N–H and O–H groups in total. The molecule has 0 radical (unpaired) electrons. The van der Waals surface area contributed by atoms with Crippen LogP contribution in [0, 0.1) is 0 Å². The van der Waals surface area contributed by atoms with Crippen molar-refractivity contribution in [3.8, 4) is 0 Å². The van der Waals surface area contributed by atoms with Gasteiger partial charge in [0, 0.05) is 12.5 Å². The highest BCUT2D eigenvalue weighted by atomic mass is 32.2. The Morgan fingerprint density at radius 3 is 3.00 bits per heavy atom. The van der Waals surface area contributed by atoms with Crippen LogP contribution in [0.25, 0.3) is 0 Å². The van der Waals surface area contributed by atoms with E-state index in [0.717, 1.165) is 30.8 Å². The quantitative estimate of drug-likeness (QED) is 0.798. The Bertz CT molecular complexity index is 682. The number of hydrogen-bond donors (Lipinski definition) is 2. The Morgan fingerprint density at radius 2 is 2.20 bits per heavy atom. The van der Waals surface area contributed by atoms with Gasteiger partial charge in [-0.2, -0.15) is 5.10 Å². The zero-order valence-electron chi connectivity index (χ0n) is 10.9. The van der Waals surface area contributed by atoms with E-state index in [1.54, 1.807) is 12.1 Å². The SMILES string of the molecule is O=S1(=O)CC(NCCCc2ncn[nH]2)c2ccccc21. The Balaban J connectivity index is 1.59. The van der Waals surface area contributed by atoms with Crippen molar-refractivity contribution < 1.29 is 8.42 Å². The van der Waals surface area contributed by atoms with Gasteiger partial charge < -0.3 is 5.32 Å². The number of hydrogen-bond acceptors (Lipinski definition) is 5. The third-order valence-electron chi connectivity index (χ3n) is 3.46. The molecule has 0 fully saturated rings. The maximum Gasteiger partial charge on any atom is 0.180 e. The van der Waals surface area contributed by atoms with Gasteiger partial charge in [-0.15, -0.1) is 0 Å². The number of fused-ring (bicyclic) bond motifs is 1. The fraction of sp³-hybridized carbons (Fsp3) is 0.385. The molecule has 6 nitrogen and oxygen atoms in total. The van der Waals surface area contributed by atoms with Crippen molar-refractivity contribution in [3.63, 3.8) is 0 Å². The lowest BCUT2D eigenvalue weighted by Gasteiger charge is -2.11. The number of H-pyrrole nitrogens is 1. The Hall–Kier alpha value is -1.73. The molecule has 0 saturated heterocycles. The van der Waals surface area contributed by atoms with Crippen LogP contribution in [0.1, 0.15) is 23.9 Å². The largest absolute Gasteiger partial charge is 0.309 e. The number of benzene rings is 1. The molecule has 20 heavy (non-hydrogen) atoms. The summed E-state index contributed by atoms with van der Waals surface area (Å²) in [5, 5.41) is 9.92. The molecule has 0 saturated carbocycles. The number of sulfone groups is 1. The summed E-state index contributed by atoms with van der Waals surface area (Å²) >= 11 is 0. The molecule has 1 aromatic heterocycles. The summed E-state index contributed by atoms with van der Waals surface area (Å²) in [6, 6.07) is 7.10. The van der Waals surface area contributed by atoms with Gasteiger partial charge in [0.25, 0.3) is 0 Å². The van der Waals surface area contributed by atoms with Crippen molar-refractivity contribution in [1.29, 1.82) is 0 Å². The van der Waals surface area contributed by atoms with Gasteiger partial charge in [0.2, 0.25) is 0 Å². The number of rotatable bonds is 5. The van der Waals surface area contributed by atoms with Crippen LogP contribution >= 0.6 is 0 Å². The maximum atomic E-state index is 12.0. The average molecular weight is 292 g/mol. The number of aromatic amines is 1. The van der Waals surface area contributed by atoms with Crippen LogP contribution in [0.2, 0.25) is 0 Å². The van der Waals surface area contributed by atoms with E-state index in [2.05, 4.69) is 20.5 Å². The van der Waals surface area contributed by atoms with Gasteiger partial charge in [-0.05, 0) is 24.6 Å². The van der Waals surface area contributed by atoms with Gasteiger partial charge in [0.05, 0.1) is 10.6 Å². The molecule has 7 heteroatoms. The average Bonchev–Trinajstić information content (AvgIpc) is 3.03. The van der Waals surface area contributed by atoms with Gasteiger partial charge in [0.1, 0.15) is 12.2 Å². The van der Waals surface area contributed by atoms with Crippen LogP contribution in [0.4, 0.5) is 0 Å². The lowest BCUT2D eigenvalue weighted by molar-refractivity contribution is 0.552. The van der Waals surface area contributed by atoms with Gasteiger partial charge in [-0.3, -0.25) is 5.10 Å². The van der Waals surface area contributed by atoms with E-state index in [4.69, 9.17) is 0 Å². The molecular weight excluding hydrogens is 276 g/mol. The molecule has 2 heterocycles. The molecule has 1 unspecified atom stereocenters. The minimum Gasteiger partial charge on any atom is -0.309 e. The number of nitrogens with one attached hydrogen (secondary N) is 2. The van der Waals surface area contributed by atoms with E-state index in [9.17, 15) is 8.42 Å². The molecule has 0 aliphatic carbocycles. The molecule has 1 aliphatic heterocycles. The lowest BCUT2D eigenvalue weighted by Crippen LogP contribution is -2.24. The van der Waals surface area contributed by atoms with E-state index >= 15 is 0 Å². The number of aryl methyl sites for hydroxylation is 1. The zero-order valence-corrected chi connectivity index (χ0v) is 11.7. The second-order valence-corrected chi connectivity index (χ2v) is 6.86. The topological polar surface area (TPSA) is 87.7 Å². The van der Waals surface area contributed by atoms with Crippen molar-refractivity contribution in [2.24, 2.45) is 0 Å². The van der Waals surface area contributed by atoms with E-state index in [0.29, 0.717) is 4.90 Å². The monoisotopic (exact) mass is 292 g/mol. The van der Waals surface area contributed by atoms with E-state index < -0.39 is 9.84 Å². The van der Waals surface area contributed by atoms with E-state index in [1.165, 1.54) is 6.33 Å². The predicted octanol–water partition coefficient (Wildman–Crippen LogP) is 0.855. The summed E-state index contributed by atoms with van der Waals surface area (Å²) in [6.07, 6.45) is 3.17. The summed E-state index contributed by atoms with van der Waals surface area (Å²) in [7, 11) is -3.13. The first-order valence-electron chi connectivity index (χ1n) is 6.56. The summed E-state index contributed by atoms with van der Waals surface area (Å²) < 4.78 is 24.0. The maximum absolute atomic E-state index is 12.0. The molecule has 0 spiro atoms. The zero-order chi connectivity index (χ0) is 14.0. The Labute approximate surface area is 117 Å². The first-order valence-corrected chi connectivity index (χ1v) is 8.21. The van der Waals surface area contributed by atoms with Gasteiger partial charge >= 0.3 is 0 Å². The summed E-state index contributed by atoms with van der Waals surface area (Å²) in [5.41, 5.74) is 0.882. The minimum absolute atomic E-state index is 0.106. The summed E-state index contributed by atoms with van der Waals surface area (Å²) in [5.74, 6) is 1.00. The summed E-state index contributed by atoms with van der Waals surface area (Å²) in [4.78, 5) is 4.52. The van der Waals surface area contributed by atoms with E-state index in [1.807, 2.05) is 12.1 Å². The number of nitrogens with zero attached hydrogens (tertiary/aromatic N) is 2. The first-order chi connectivity index (χ1) is 9.67. The van der Waals surface area contributed by atoms with Crippen molar-refractivity contribution in [3.05, 3.63) is 42.0 Å². The van der Waals surface area contributed by atoms with Crippen molar-refractivity contribution >= 4 is 9.84 Å². The predicted molar refractivity (Wildman–Crippen MR) is 73.9 cm³/mol. The first kappa shape index (κ1) is 13.3. The molecule has 106 valence electrons. The van der Waals surface area contributed by atoms with Gasteiger partial charge in [-0.1, -0.05) is 18.2 Å². The second kappa shape index (κ2) is 5.34. The van der Waals surface area contributed by atoms with Crippen LogP contribution in [-0.4, -0.2) is 35.9 Å². The summed E-state index contributed by atoms with van der Waals surface area (Å²) in [6.45, 7) is 0.745. The second-order valence-electron chi connectivity index (χ2n) is 4.86. The third-order valence-corrected chi connectivity index (χ3v) is 5.28. The fourth-order valence-electron chi connectivity index (χ4n) is 2.50.